The van der Waals surface area contributed by atoms with Gasteiger partial charge in [-0.25, -0.2) is 0 Å². The number of piperazine rings is 1. The Kier molecular flexibility index (Phi) is 3.33. The van der Waals surface area contributed by atoms with Crippen LogP contribution in [0.3, 0.4) is 0 Å². The van der Waals surface area contributed by atoms with E-state index in [2.05, 4.69) is 31.0 Å². The third kappa shape index (κ3) is 2.71. The van der Waals surface area contributed by atoms with Crippen LogP contribution in [0.25, 0.3) is 0 Å². The molecule has 2 atom stereocenters. The molecule has 0 aliphatic carbocycles. The molecule has 0 radical (unpaired) electrons. The van der Waals surface area contributed by atoms with Crippen LogP contribution in [0.1, 0.15) is 27.2 Å². The maximum absolute atomic E-state index is 5.45. The summed E-state index contributed by atoms with van der Waals surface area (Å²) in [4.78, 5) is 2.63. The Labute approximate surface area is 93.2 Å². The van der Waals surface area contributed by atoms with Gasteiger partial charge in [-0.1, -0.05) is 0 Å². The van der Waals surface area contributed by atoms with E-state index in [1.807, 2.05) is 0 Å². The smallest absolute Gasteiger partial charge is 0.0507 e. The average molecular weight is 212 g/mol. The largest absolute Gasteiger partial charge is 0.381 e. The zero-order chi connectivity index (χ0) is 10.9. The van der Waals surface area contributed by atoms with E-state index < -0.39 is 0 Å². The summed E-state index contributed by atoms with van der Waals surface area (Å²) in [5.74, 6) is 0.759. The van der Waals surface area contributed by atoms with Crippen molar-refractivity contribution < 1.29 is 4.74 Å². The van der Waals surface area contributed by atoms with Crippen LogP contribution in [0.2, 0.25) is 0 Å². The predicted molar refractivity (Wildman–Crippen MR) is 62.0 cm³/mol. The van der Waals surface area contributed by atoms with Crippen LogP contribution in [-0.4, -0.2) is 49.3 Å². The molecule has 0 bridgehead atoms. The zero-order valence-electron chi connectivity index (χ0n) is 10.3. The molecule has 0 aromatic heterocycles. The van der Waals surface area contributed by atoms with Crippen molar-refractivity contribution in [2.75, 3.05) is 32.8 Å². The summed E-state index contributed by atoms with van der Waals surface area (Å²) in [6.45, 7) is 12.3. The second-order valence-corrected chi connectivity index (χ2v) is 5.73. The Morgan fingerprint density at radius 2 is 2.27 bits per heavy atom. The molecule has 88 valence electrons. The fourth-order valence-electron chi connectivity index (χ4n) is 2.54. The van der Waals surface area contributed by atoms with Gasteiger partial charge in [-0.2, -0.15) is 0 Å². The van der Waals surface area contributed by atoms with E-state index in [4.69, 9.17) is 4.74 Å². The van der Waals surface area contributed by atoms with Crippen LogP contribution in [0.15, 0.2) is 0 Å². The van der Waals surface area contributed by atoms with Gasteiger partial charge in [-0.3, -0.25) is 4.90 Å². The number of rotatable bonds is 2. The van der Waals surface area contributed by atoms with Gasteiger partial charge in [-0.15, -0.1) is 0 Å². The molecular weight excluding hydrogens is 188 g/mol. The third-order valence-electron chi connectivity index (χ3n) is 3.74. The van der Waals surface area contributed by atoms with E-state index in [1.165, 1.54) is 19.5 Å². The second-order valence-electron chi connectivity index (χ2n) is 5.73. The molecule has 0 spiro atoms. The molecule has 2 unspecified atom stereocenters. The summed E-state index contributed by atoms with van der Waals surface area (Å²) in [7, 11) is 0. The number of nitrogens with zero attached hydrogens (tertiary/aromatic N) is 1. The average Bonchev–Trinajstić information content (AvgIpc) is 2.65. The summed E-state index contributed by atoms with van der Waals surface area (Å²) >= 11 is 0. The van der Waals surface area contributed by atoms with Crippen molar-refractivity contribution in [1.82, 2.24) is 10.2 Å². The van der Waals surface area contributed by atoms with Crippen LogP contribution in [0, 0.1) is 5.92 Å². The first kappa shape index (κ1) is 11.4. The van der Waals surface area contributed by atoms with E-state index in [0.29, 0.717) is 11.6 Å². The highest BCUT2D eigenvalue weighted by Gasteiger charge is 2.34. The normalized spacial score (nSPS) is 37.0. The van der Waals surface area contributed by atoms with Crippen molar-refractivity contribution in [3.8, 4) is 0 Å². The van der Waals surface area contributed by atoms with Gasteiger partial charge in [0.15, 0.2) is 0 Å². The number of ether oxygens (including phenoxy) is 1. The molecule has 2 heterocycles. The van der Waals surface area contributed by atoms with E-state index in [-0.39, 0.29) is 0 Å². The Balaban J connectivity index is 1.92. The first-order valence-electron chi connectivity index (χ1n) is 6.14. The van der Waals surface area contributed by atoms with Crippen LogP contribution >= 0.6 is 0 Å². The van der Waals surface area contributed by atoms with Crippen molar-refractivity contribution in [3.05, 3.63) is 0 Å². The van der Waals surface area contributed by atoms with Gasteiger partial charge in [0.25, 0.3) is 0 Å². The number of hydrogen-bond donors (Lipinski definition) is 1. The standard InChI is InChI=1S/C12H24N2O/c1-10-6-14(12(2,3)9-13-10)7-11-4-5-15-8-11/h10-11,13H,4-9H2,1-3H3. The Hall–Kier alpha value is -0.120. The van der Waals surface area contributed by atoms with Gasteiger partial charge in [-0.05, 0) is 33.1 Å². The third-order valence-corrected chi connectivity index (χ3v) is 3.74. The Morgan fingerprint density at radius 3 is 2.93 bits per heavy atom. The topological polar surface area (TPSA) is 24.5 Å². The molecule has 0 saturated carbocycles. The summed E-state index contributed by atoms with van der Waals surface area (Å²) in [6.07, 6.45) is 1.24. The molecule has 2 rings (SSSR count). The molecule has 3 heteroatoms. The van der Waals surface area contributed by atoms with Crippen molar-refractivity contribution in [3.63, 3.8) is 0 Å². The SMILES string of the molecule is CC1CN(CC2CCOC2)C(C)(C)CN1. The lowest BCUT2D eigenvalue weighted by Crippen LogP contribution is -2.62. The van der Waals surface area contributed by atoms with Gasteiger partial charge in [0, 0.05) is 37.8 Å². The molecule has 0 aromatic rings. The Morgan fingerprint density at radius 1 is 1.47 bits per heavy atom. The highest BCUT2D eigenvalue weighted by molar-refractivity contribution is 4.92. The van der Waals surface area contributed by atoms with Gasteiger partial charge in [0.2, 0.25) is 0 Å². The second kappa shape index (κ2) is 4.40. The lowest BCUT2D eigenvalue weighted by atomic mass is 9.95. The molecule has 15 heavy (non-hydrogen) atoms. The molecule has 2 aliphatic rings. The lowest BCUT2D eigenvalue weighted by Gasteiger charge is -2.46. The van der Waals surface area contributed by atoms with E-state index >= 15 is 0 Å². The molecule has 0 amide bonds. The minimum atomic E-state index is 0.301. The van der Waals surface area contributed by atoms with Crippen LogP contribution in [-0.2, 0) is 4.74 Å². The van der Waals surface area contributed by atoms with Crippen LogP contribution in [0.4, 0.5) is 0 Å². The summed E-state index contributed by atoms with van der Waals surface area (Å²) in [6, 6.07) is 0.625. The van der Waals surface area contributed by atoms with Gasteiger partial charge in [0.05, 0.1) is 6.61 Å². The maximum atomic E-state index is 5.45. The highest BCUT2D eigenvalue weighted by atomic mass is 16.5. The summed E-state index contributed by atoms with van der Waals surface area (Å²) in [5, 5.41) is 3.55. The molecule has 1 N–H and O–H groups in total. The number of hydrogen-bond acceptors (Lipinski definition) is 3. The van der Waals surface area contributed by atoms with E-state index in [0.717, 1.165) is 25.7 Å². The zero-order valence-corrected chi connectivity index (χ0v) is 10.3. The minimum absolute atomic E-state index is 0.301. The minimum Gasteiger partial charge on any atom is -0.381 e. The van der Waals surface area contributed by atoms with Crippen molar-refractivity contribution in [1.29, 1.82) is 0 Å². The fourth-order valence-corrected chi connectivity index (χ4v) is 2.54. The molecule has 3 nitrogen and oxygen atoms in total. The number of nitrogens with one attached hydrogen (secondary N) is 1. The van der Waals surface area contributed by atoms with Crippen LogP contribution in [0.5, 0.6) is 0 Å². The van der Waals surface area contributed by atoms with Crippen molar-refractivity contribution in [2.45, 2.75) is 38.8 Å². The maximum Gasteiger partial charge on any atom is 0.0507 e. The first-order valence-corrected chi connectivity index (χ1v) is 6.14. The van der Waals surface area contributed by atoms with Gasteiger partial charge < -0.3 is 10.1 Å². The molecular formula is C12H24N2O. The van der Waals surface area contributed by atoms with Crippen molar-refractivity contribution in [2.24, 2.45) is 5.92 Å². The predicted octanol–water partition coefficient (Wildman–Crippen LogP) is 1.10. The highest BCUT2D eigenvalue weighted by Crippen LogP contribution is 2.23. The monoisotopic (exact) mass is 212 g/mol. The molecule has 2 aliphatic heterocycles. The molecule has 2 fully saturated rings. The molecule has 2 saturated heterocycles. The summed E-state index contributed by atoms with van der Waals surface area (Å²) < 4.78 is 5.45. The van der Waals surface area contributed by atoms with E-state index in [9.17, 15) is 0 Å². The van der Waals surface area contributed by atoms with Gasteiger partial charge >= 0.3 is 0 Å². The lowest BCUT2D eigenvalue weighted by molar-refractivity contribution is 0.0514. The Bertz CT molecular complexity index is 212. The summed E-state index contributed by atoms with van der Waals surface area (Å²) in [5.41, 5.74) is 0.301. The van der Waals surface area contributed by atoms with Crippen LogP contribution < -0.4 is 5.32 Å². The molecule has 0 aromatic carbocycles. The van der Waals surface area contributed by atoms with E-state index in [1.54, 1.807) is 0 Å². The first-order chi connectivity index (χ1) is 7.08. The fraction of sp³-hybridized carbons (Fsp3) is 1.00. The van der Waals surface area contributed by atoms with Crippen molar-refractivity contribution >= 4 is 0 Å². The van der Waals surface area contributed by atoms with Gasteiger partial charge in [0.1, 0.15) is 0 Å². The quantitative estimate of drug-likeness (QED) is 0.742.